The molecule has 1 fully saturated rings. The number of nitrogens with one attached hydrogen (secondary N) is 3. The summed E-state index contributed by atoms with van der Waals surface area (Å²) in [5, 5.41) is 5.93. The van der Waals surface area contributed by atoms with Crippen LogP contribution in [0.2, 0.25) is 0 Å². The van der Waals surface area contributed by atoms with Crippen molar-refractivity contribution in [2.75, 3.05) is 17.5 Å². The average molecular weight is 353 g/mol. The van der Waals surface area contributed by atoms with Crippen LogP contribution < -0.4 is 15.4 Å². The molecule has 1 aromatic carbocycles. The van der Waals surface area contributed by atoms with E-state index in [1.807, 2.05) is 12.1 Å². The molecule has 0 atom stereocenters. The third-order valence-electron chi connectivity index (χ3n) is 4.13. The van der Waals surface area contributed by atoms with Gasteiger partial charge >= 0.3 is 6.03 Å². The fourth-order valence-electron chi connectivity index (χ4n) is 2.93. The summed E-state index contributed by atoms with van der Waals surface area (Å²) in [4.78, 5) is 11.8. The van der Waals surface area contributed by atoms with Crippen LogP contribution in [-0.2, 0) is 16.4 Å². The van der Waals surface area contributed by atoms with Crippen molar-refractivity contribution in [3.8, 4) is 0 Å². The van der Waals surface area contributed by atoms with Crippen LogP contribution in [0.4, 0.5) is 10.5 Å². The lowest BCUT2D eigenvalue weighted by atomic mass is 9.96. The molecule has 0 bridgehead atoms. The maximum absolute atomic E-state index is 11.8. The first-order chi connectivity index (χ1) is 11.4. The molecule has 0 spiro atoms. The highest BCUT2D eigenvalue weighted by Crippen LogP contribution is 2.17. The SMILES string of the molecule is CS(=O)(=O)Nc1ccc(CCCNC(=O)NC2CCCCC2)cc1. The number of amides is 2. The maximum atomic E-state index is 11.8. The summed E-state index contributed by atoms with van der Waals surface area (Å²) in [5.41, 5.74) is 1.68. The Kier molecular flexibility index (Phi) is 6.90. The van der Waals surface area contributed by atoms with Crippen LogP contribution in [0, 0.1) is 0 Å². The summed E-state index contributed by atoms with van der Waals surface area (Å²) in [6.45, 7) is 0.627. The number of anilines is 1. The summed E-state index contributed by atoms with van der Waals surface area (Å²) in [7, 11) is -3.24. The third-order valence-corrected chi connectivity index (χ3v) is 4.73. The van der Waals surface area contributed by atoms with Crippen LogP contribution in [0.1, 0.15) is 44.1 Å². The van der Waals surface area contributed by atoms with E-state index in [2.05, 4.69) is 15.4 Å². The molecule has 0 saturated heterocycles. The Morgan fingerprint density at radius 3 is 2.42 bits per heavy atom. The molecule has 1 saturated carbocycles. The quantitative estimate of drug-likeness (QED) is 0.659. The molecule has 1 aliphatic carbocycles. The highest BCUT2D eigenvalue weighted by Gasteiger charge is 2.14. The Balaban J connectivity index is 1.64. The zero-order valence-corrected chi connectivity index (χ0v) is 15.0. The Bertz CT molecular complexity index is 623. The predicted molar refractivity (Wildman–Crippen MR) is 96.6 cm³/mol. The molecule has 0 aliphatic heterocycles. The van der Waals surface area contributed by atoms with Crippen LogP contribution in [0.5, 0.6) is 0 Å². The smallest absolute Gasteiger partial charge is 0.315 e. The van der Waals surface area contributed by atoms with E-state index >= 15 is 0 Å². The molecule has 0 heterocycles. The standard InChI is InChI=1S/C17H27N3O3S/c1-24(22,23)20-16-11-9-14(10-12-16)6-5-13-18-17(21)19-15-7-3-2-4-8-15/h9-12,15,20H,2-8,13H2,1H3,(H2,18,19,21). The first-order valence-corrected chi connectivity index (χ1v) is 10.4. The minimum Gasteiger partial charge on any atom is -0.338 e. The van der Waals surface area contributed by atoms with Crippen LogP contribution in [-0.4, -0.2) is 33.3 Å². The number of sulfonamides is 1. The Hall–Kier alpha value is -1.76. The van der Waals surface area contributed by atoms with Gasteiger partial charge in [0.25, 0.3) is 0 Å². The lowest BCUT2D eigenvalue weighted by Gasteiger charge is -2.22. The first kappa shape index (κ1) is 18.6. The lowest BCUT2D eigenvalue weighted by molar-refractivity contribution is 0.232. The van der Waals surface area contributed by atoms with Gasteiger partial charge in [0.1, 0.15) is 0 Å². The number of carbonyl (C=O) groups excluding carboxylic acids is 1. The van der Waals surface area contributed by atoms with Crippen LogP contribution in [0.3, 0.4) is 0 Å². The molecule has 2 amide bonds. The van der Waals surface area contributed by atoms with Crippen LogP contribution in [0.15, 0.2) is 24.3 Å². The fourth-order valence-corrected chi connectivity index (χ4v) is 3.50. The van der Waals surface area contributed by atoms with Gasteiger partial charge in [-0.25, -0.2) is 13.2 Å². The molecular formula is C17H27N3O3S. The summed E-state index contributed by atoms with van der Waals surface area (Å²) in [6, 6.07) is 7.55. The van der Waals surface area contributed by atoms with Crippen molar-refractivity contribution in [2.24, 2.45) is 0 Å². The first-order valence-electron chi connectivity index (χ1n) is 8.53. The molecule has 1 aliphatic rings. The Morgan fingerprint density at radius 2 is 1.79 bits per heavy atom. The van der Waals surface area contributed by atoms with Crippen molar-refractivity contribution in [2.45, 2.75) is 51.0 Å². The van der Waals surface area contributed by atoms with Gasteiger partial charge in [-0.05, 0) is 43.4 Å². The van der Waals surface area contributed by atoms with E-state index in [1.54, 1.807) is 12.1 Å². The summed E-state index contributed by atoms with van der Waals surface area (Å²) >= 11 is 0. The number of benzene rings is 1. The second-order valence-electron chi connectivity index (χ2n) is 6.41. The van der Waals surface area contributed by atoms with Gasteiger partial charge in [-0.2, -0.15) is 0 Å². The number of carbonyl (C=O) groups is 1. The molecule has 0 radical (unpaired) electrons. The Morgan fingerprint density at radius 1 is 1.12 bits per heavy atom. The summed E-state index contributed by atoms with van der Waals surface area (Å²) in [6.07, 6.45) is 8.66. The molecule has 1 aromatic rings. The van der Waals surface area contributed by atoms with E-state index in [4.69, 9.17) is 0 Å². The van der Waals surface area contributed by atoms with Crippen molar-refractivity contribution in [1.29, 1.82) is 0 Å². The van der Waals surface area contributed by atoms with E-state index in [-0.39, 0.29) is 6.03 Å². The van der Waals surface area contributed by atoms with Crippen LogP contribution in [0.25, 0.3) is 0 Å². The summed E-state index contributed by atoms with van der Waals surface area (Å²) < 4.78 is 24.7. The normalized spacial score (nSPS) is 15.7. The van der Waals surface area contributed by atoms with Crippen molar-refractivity contribution in [3.05, 3.63) is 29.8 Å². The van der Waals surface area contributed by atoms with E-state index in [0.29, 0.717) is 18.3 Å². The van der Waals surface area contributed by atoms with Gasteiger partial charge in [-0.15, -0.1) is 0 Å². The van der Waals surface area contributed by atoms with Crippen molar-refractivity contribution in [3.63, 3.8) is 0 Å². The van der Waals surface area contributed by atoms with Crippen molar-refractivity contribution >= 4 is 21.7 Å². The molecule has 2 rings (SSSR count). The number of hydrogen-bond donors (Lipinski definition) is 3. The molecule has 0 aromatic heterocycles. The highest BCUT2D eigenvalue weighted by atomic mass is 32.2. The maximum Gasteiger partial charge on any atom is 0.315 e. The van der Waals surface area contributed by atoms with E-state index in [9.17, 15) is 13.2 Å². The van der Waals surface area contributed by atoms with E-state index < -0.39 is 10.0 Å². The summed E-state index contributed by atoms with van der Waals surface area (Å²) in [5.74, 6) is 0. The second kappa shape index (κ2) is 8.92. The molecule has 3 N–H and O–H groups in total. The zero-order valence-electron chi connectivity index (χ0n) is 14.2. The minimum absolute atomic E-state index is 0.0744. The van der Waals surface area contributed by atoms with Gasteiger partial charge in [-0.1, -0.05) is 31.4 Å². The topological polar surface area (TPSA) is 87.3 Å². The van der Waals surface area contributed by atoms with Gasteiger partial charge in [0.15, 0.2) is 0 Å². The highest BCUT2D eigenvalue weighted by molar-refractivity contribution is 7.92. The lowest BCUT2D eigenvalue weighted by Crippen LogP contribution is -2.43. The molecule has 6 nitrogen and oxygen atoms in total. The monoisotopic (exact) mass is 353 g/mol. The van der Waals surface area contributed by atoms with E-state index in [0.717, 1.165) is 37.5 Å². The molecule has 24 heavy (non-hydrogen) atoms. The number of urea groups is 1. The van der Waals surface area contributed by atoms with Crippen LogP contribution >= 0.6 is 0 Å². The minimum atomic E-state index is -3.24. The number of hydrogen-bond acceptors (Lipinski definition) is 3. The van der Waals surface area contributed by atoms with Crippen molar-refractivity contribution in [1.82, 2.24) is 10.6 Å². The molecule has 7 heteroatoms. The van der Waals surface area contributed by atoms with Gasteiger partial charge in [-0.3, -0.25) is 4.72 Å². The third kappa shape index (κ3) is 7.21. The zero-order chi connectivity index (χ0) is 17.4. The number of rotatable bonds is 7. The second-order valence-corrected chi connectivity index (χ2v) is 8.16. The van der Waals surface area contributed by atoms with Gasteiger partial charge in [0.2, 0.25) is 10.0 Å². The number of aryl methyl sites for hydroxylation is 1. The average Bonchev–Trinajstić information content (AvgIpc) is 2.53. The molecular weight excluding hydrogens is 326 g/mol. The molecule has 134 valence electrons. The molecule has 0 unspecified atom stereocenters. The van der Waals surface area contributed by atoms with E-state index in [1.165, 1.54) is 19.3 Å². The van der Waals surface area contributed by atoms with Crippen molar-refractivity contribution < 1.29 is 13.2 Å². The van der Waals surface area contributed by atoms with Gasteiger partial charge in [0.05, 0.1) is 6.26 Å². The fraction of sp³-hybridized carbons (Fsp3) is 0.588. The Labute approximate surface area is 144 Å². The van der Waals surface area contributed by atoms with Gasteiger partial charge < -0.3 is 10.6 Å². The predicted octanol–water partition coefficient (Wildman–Crippen LogP) is 2.62. The van der Waals surface area contributed by atoms with Gasteiger partial charge in [0, 0.05) is 18.3 Å². The largest absolute Gasteiger partial charge is 0.338 e.